The van der Waals surface area contributed by atoms with Crippen molar-refractivity contribution in [2.45, 2.75) is 0 Å². The summed E-state index contributed by atoms with van der Waals surface area (Å²) >= 11 is 0. The molecular formula is C13H10FNO4S. The fourth-order valence-electron chi connectivity index (χ4n) is 1.50. The molecule has 2 rings (SSSR count). The Hall–Kier alpha value is -2.41. The lowest BCUT2D eigenvalue weighted by Crippen LogP contribution is -2.11. The number of anilines is 1. The zero-order valence-electron chi connectivity index (χ0n) is 10.1. The van der Waals surface area contributed by atoms with E-state index >= 15 is 0 Å². The van der Waals surface area contributed by atoms with E-state index in [1.54, 1.807) is 30.3 Å². The summed E-state index contributed by atoms with van der Waals surface area (Å²) < 4.78 is 36.9. The average molecular weight is 295 g/mol. The fraction of sp³-hybridized carbons (Fsp3) is 0. The van der Waals surface area contributed by atoms with E-state index in [2.05, 4.69) is 9.50 Å². The van der Waals surface area contributed by atoms with Crippen molar-refractivity contribution in [2.24, 2.45) is 0 Å². The maximum Gasteiger partial charge on any atom is 0.488 e. The maximum absolute atomic E-state index is 12.3. The van der Waals surface area contributed by atoms with Gasteiger partial charge in [-0.25, -0.2) is 0 Å². The van der Waals surface area contributed by atoms with Crippen molar-refractivity contribution >= 4 is 22.1 Å². The van der Waals surface area contributed by atoms with E-state index < -0.39 is 10.5 Å². The lowest BCUT2D eigenvalue weighted by molar-refractivity contribution is 0.102. The molecule has 0 aromatic heterocycles. The van der Waals surface area contributed by atoms with Gasteiger partial charge in [0.15, 0.2) is 0 Å². The predicted molar refractivity (Wildman–Crippen MR) is 71.5 cm³/mol. The second-order valence-corrected chi connectivity index (χ2v) is 4.77. The minimum atomic E-state index is -5.04. The lowest BCUT2D eigenvalue weighted by atomic mass is 10.2. The van der Waals surface area contributed by atoms with Gasteiger partial charge in [-0.15, -0.1) is 0 Å². The van der Waals surface area contributed by atoms with Crippen LogP contribution in [0.5, 0.6) is 5.75 Å². The molecule has 7 heteroatoms. The van der Waals surface area contributed by atoms with E-state index in [1.165, 1.54) is 24.3 Å². The molecule has 0 fully saturated rings. The fourth-order valence-corrected chi connectivity index (χ4v) is 1.84. The van der Waals surface area contributed by atoms with Crippen LogP contribution in [-0.4, -0.2) is 14.3 Å². The third-order valence-electron chi connectivity index (χ3n) is 2.34. The number of benzene rings is 2. The summed E-state index contributed by atoms with van der Waals surface area (Å²) in [5, 5.41) is 2.61. The number of carbonyl (C=O) groups is 1. The molecule has 0 unspecified atom stereocenters. The van der Waals surface area contributed by atoms with Gasteiger partial charge in [0.2, 0.25) is 0 Å². The van der Waals surface area contributed by atoms with Gasteiger partial charge in [-0.05, 0) is 36.4 Å². The third-order valence-corrected chi connectivity index (χ3v) is 2.74. The Labute approximate surface area is 115 Å². The van der Waals surface area contributed by atoms with Crippen molar-refractivity contribution in [3.63, 3.8) is 0 Å². The summed E-state index contributed by atoms with van der Waals surface area (Å²) in [5.41, 5.74) is 0.918. The van der Waals surface area contributed by atoms with Crippen molar-refractivity contribution in [1.82, 2.24) is 0 Å². The monoisotopic (exact) mass is 295 g/mol. The Morgan fingerprint density at radius 3 is 2.15 bits per heavy atom. The van der Waals surface area contributed by atoms with Gasteiger partial charge in [-0.1, -0.05) is 22.1 Å². The molecule has 0 radical (unpaired) electrons. The molecule has 5 nitrogen and oxygen atoms in total. The van der Waals surface area contributed by atoms with Crippen LogP contribution in [0.1, 0.15) is 10.4 Å². The average Bonchev–Trinajstić information content (AvgIpc) is 2.40. The van der Waals surface area contributed by atoms with E-state index in [-0.39, 0.29) is 11.7 Å². The first-order valence-corrected chi connectivity index (χ1v) is 6.85. The zero-order valence-corrected chi connectivity index (χ0v) is 10.9. The van der Waals surface area contributed by atoms with E-state index in [0.29, 0.717) is 11.3 Å². The molecular weight excluding hydrogens is 285 g/mol. The molecule has 1 N–H and O–H groups in total. The molecule has 0 bridgehead atoms. The largest absolute Gasteiger partial charge is 0.488 e. The molecule has 1 amide bonds. The van der Waals surface area contributed by atoms with Crippen molar-refractivity contribution < 1.29 is 21.3 Å². The Bertz CT molecular complexity index is 699. The van der Waals surface area contributed by atoms with Crippen LogP contribution < -0.4 is 9.50 Å². The molecule has 0 aliphatic carbocycles. The second kappa shape index (κ2) is 5.70. The molecule has 0 atom stereocenters. The Morgan fingerprint density at radius 2 is 1.60 bits per heavy atom. The number of rotatable bonds is 4. The lowest BCUT2D eigenvalue weighted by Gasteiger charge is -2.06. The first kappa shape index (κ1) is 14.0. The molecule has 0 aliphatic heterocycles. The number of amides is 1. The maximum atomic E-state index is 12.3. The molecule has 2 aromatic rings. The number of nitrogens with one attached hydrogen (secondary N) is 1. The molecule has 20 heavy (non-hydrogen) atoms. The van der Waals surface area contributed by atoms with Gasteiger partial charge in [0.1, 0.15) is 5.75 Å². The molecule has 0 aliphatic rings. The number of hydrogen-bond donors (Lipinski definition) is 1. The Balaban J connectivity index is 2.06. The van der Waals surface area contributed by atoms with Crippen LogP contribution in [0.25, 0.3) is 0 Å². The predicted octanol–water partition coefficient (Wildman–Crippen LogP) is 2.53. The minimum Gasteiger partial charge on any atom is -0.358 e. The van der Waals surface area contributed by atoms with Crippen LogP contribution >= 0.6 is 0 Å². The summed E-state index contributed by atoms with van der Waals surface area (Å²) in [5.74, 6) is -0.484. The summed E-state index contributed by atoms with van der Waals surface area (Å²) in [7, 11) is -5.04. The van der Waals surface area contributed by atoms with Crippen LogP contribution in [-0.2, 0) is 10.5 Å². The summed E-state index contributed by atoms with van der Waals surface area (Å²) in [6, 6.07) is 13.8. The molecule has 104 valence electrons. The van der Waals surface area contributed by atoms with Gasteiger partial charge in [0.25, 0.3) is 5.91 Å². The second-order valence-electron chi connectivity index (χ2n) is 3.82. The Morgan fingerprint density at radius 1 is 1.00 bits per heavy atom. The SMILES string of the molecule is O=C(Nc1ccc(OS(=O)(=O)F)cc1)c1ccccc1. The number of hydrogen-bond acceptors (Lipinski definition) is 4. The highest BCUT2D eigenvalue weighted by molar-refractivity contribution is 7.81. The van der Waals surface area contributed by atoms with Gasteiger partial charge in [0.05, 0.1) is 0 Å². The van der Waals surface area contributed by atoms with E-state index in [0.717, 1.165) is 0 Å². The molecule has 2 aromatic carbocycles. The molecule has 0 saturated heterocycles. The topological polar surface area (TPSA) is 72.5 Å². The minimum absolute atomic E-state index is 0.176. The first-order valence-electron chi connectivity index (χ1n) is 5.54. The van der Waals surface area contributed by atoms with Crippen molar-refractivity contribution in [3.05, 3.63) is 60.2 Å². The zero-order chi connectivity index (χ0) is 14.6. The van der Waals surface area contributed by atoms with Crippen molar-refractivity contribution in [1.29, 1.82) is 0 Å². The summed E-state index contributed by atoms with van der Waals surface area (Å²) in [6.45, 7) is 0. The molecule has 0 saturated carbocycles. The highest BCUT2D eigenvalue weighted by Crippen LogP contribution is 2.18. The highest BCUT2D eigenvalue weighted by atomic mass is 32.3. The van der Waals surface area contributed by atoms with E-state index in [1.807, 2.05) is 0 Å². The first-order chi connectivity index (χ1) is 9.44. The van der Waals surface area contributed by atoms with E-state index in [4.69, 9.17) is 0 Å². The number of halogens is 1. The van der Waals surface area contributed by atoms with Crippen LogP contribution in [0.2, 0.25) is 0 Å². The van der Waals surface area contributed by atoms with Gasteiger partial charge < -0.3 is 9.50 Å². The van der Waals surface area contributed by atoms with Gasteiger partial charge in [-0.2, -0.15) is 8.42 Å². The van der Waals surface area contributed by atoms with Crippen LogP contribution in [0.3, 0.4) is 0 Å². The quantitative estimate of drug-likeness (QED) is 0.880. The van der Waals surface area contributed by atoms with E-state index in [9.17, 15) is 17.1 Å². The summed E-state index contributed by atoms with van der Waals surface area (Å²) in [4.78, 5) is 11.8. The molecule has 0 heterocycles. The summed E-state index contributed by atoms with van der Waals surface area (Å²) in [6.07, 6.45) is 0. The van der Waals surface area contributed by atoms with Crippen molar-refractivity contribution in [2.75, 3.05) is 5.32 Å². The molecule has 0 spiro atoms. The third kappa shape index (κ3) is 4.06. The van der Waals surface area contributed by atoms with Gasteiger partial charge in [-0.3, -0.25) is 4.79 Å². The van der Waals surface area contributed by atoms with Gasteiger partial charge >= 0.3 is 10.5 Å². The normalized spacial score (nSPS) is 10.8. The van der Waals surface area contributed by atoms with Gasteiger partial charge in [0, 0.05) is 11.3 Å². The number of carbonyl (C=O) groups excluding carboxylic acids is 1. The standard InChI is InChI=1S/C13H10FNO4S/c14-20(17,18)19-12-8-6-11(7-9-12)15-13(16)10-4-2-1-3-5-10/h1-9H,(H,15,16). The van der Waals surface area contributed by atoms with Crippen LogP contribution in [0.15, 0.2) is 54.6 Å². The smallest absolute Gasteiger partial charge is 0.358 e. The van der Waals surface area contributed by atoms with Crippen molar-refractivity contribution in [3.8, 4) is 5.75 Å². The highest BCUT2D eigenvalue weighted by Gasteiger charge is 2.10. The Kier molecular flexibility index (Phi) is 3.99. The van der Waals surface area contributed by atoms with Crippen LogP contribution in [0.4, 0.5) is 9.57 Å². The van der Waals surface area contributed by atoms with Crippen LogP contribution in [0, 0.1) is 0 Å².